The van der Waals surface area contributed by atoms with Crippen LogP contribution in [0.1, 0.15) is 38.6 Å². The molecular formula is C19H30ClN5OS. The molecule has 0 spiro atoms. The fourth-order valence-corrected chi connectivity index (χ4v) is 3.27. The second-order valence-electron chi connectivity index (χ2n) is 7.04. The molecule has 3 N–H and O–H groups in total. The van der Waals surface area contributed by atoms with Crippen LogP contribution in [-0.4, -0.2) is 33.5 Å². The Morgan fingerprint density at radius 2 is 1.96 bits per heavy atom. The van der Waals surface area contributed by atoms with Gasteiger partial charge in [0.15, 0.2) is 5.16 Å². The standard InChI is InChI=1S/C19H29N5OS.ClH/c1-14(2)13-24-16(22-23-18(24)26-4)11-8-12-21-17(25)19(3,20)15-9-6-5-7-10-15;/h5-7,9-10,14H,8,11-13,20H2,1-4H3,(H,21,25);1H. The molecular weight excluding hydrogens is 382 g/mol. The third-order valence-corrected chi connectivity index (χ3v) is 4.90. The number of thioether (sulfide) groups is 1. The summed E-state index contributed by atoms with van der Waals surface area (Å²) in [6.07, 6.45) is 3.57. The van der Waals surface area contributed by atoms with Crippen molar-refractivity contribution in [1.29, 1.82) is 0 Å². The number of halogens is 1. The average Bonchev–Trinajstić information content (AvgIpc) is 3.00. The van der Waals surface area contributed by atoms with Gasteiger partial charge in [0.2, 0.25) is 5.91 Å². The molecule has 2 aromatic rings. The zero-order valence-corrected chi connectivity index (χ0v) is 18.1. The van der Waals surface area contributed by atoms with Gasteiger partial charge in [0.05, 0.1) is 0 Å². The van der Waals surface area contributed by atoms with Gasteiger partial charge in [-0.15, -0.1) is 22.6 Å². The first-order chi connectivity index (χ1) is 12.4. The molecule has 1 amide bonds. The molecule has 0 fully saturated rings. The number of rotatable bonds is 9. The Balaban J connectivity index is 0.00000364. The van der Waals surface area contributed by atoms with E-state index in [0.29, 0.717) is 12.5 Å². The van der Waals surface area contributed by atoms with Gasteiger partial charge in [0.25, 0.3) is 0 Å². The number of nitrogens with two attached hydrogens (primary N) is 1. The van der Waals surface area contributed by atoms with Gasteiger partial charge < -0.3 is 15.6 Å². The number of carbonyl (C=O) groups excluding carboxylic acids is 1. The second-order valence-corrected chi connectivity index (χ2v) is 7.81. The molecule has 1 aromatic carbocycles. The minimum atomic E-state index is -1.04. The first-order valence-corrected chi connectivity index (χ1v) is 10.2. The van der Waals surface area contributed by atoms with E-state index in [9.17, 15) is 4.79 Å². The van der Waals surface area contributed by atoms with Crippen molar-refractivity contribution in [2.75, 3.05) is 12.8 Å². The lowest BCUT2D eigenvalue weighted by Crippen LogP contribution is -2.49. The minimum Gasteiger partial charge on any atom is -0.354 e. The fraction of sp³-hybridized carbons (Fsp3) is 0.526. The topological polar surface area (TPSA) is 85.8 Å². The summed E-state index contributed by atoms with van der Waals surface area (Å²) in [5, 5.41) is 12.4. The summed E-state index contributed by atoms with van der Waals surface area (Å²) >= 11 is 1.61. The highest BCUT2D eigenvalue weighted by molar-refractivity contribution is 7.98. The summed E-state index contributed by atoms with van der Waals surface area (Å²) < 4.78 is 2.17. The molecule has 6 nitrogen and oxygen atoms in total. The zero-order valence-electron chi connectivity index (χ0n) is 16.4. The minimum absolute atomic E-state index is 0. The van der Waals surface area contributed by atoms with Crippen LogP contribution in [-0.2, 0) is 23.3 Å². The first-order valence-electron chi connectivity index (χ1n) is 8.95. The number of hydrogen-bond acceptors (Lipinski definition) is 5. The lowest BCUT2D eigenvalue weighted by molar-refractivity contribution is -0.126. The molecule has 1 aromatic heterocycles. The van der Waals surface area contributed by atoms with Crippen LogP contribution in [0.15, 0.2) is 35.5 Å². The van der Waals surface area contributed by atoms with Crippen molar-refractivity contribution >= 4 is 30.1 Å². The van der Waals surface area contributed by atoms with Crippen LogP contribution in [0, 0.1) is 5.92 Å². The van der Waals surface area contributed by atoms with Gasteiger partial charge in [-0.1, -0.05) is 55.9 Å². The highest BCUT2D eigenvalue weighted by Crippen LogP contribution is 2.18. The summed E-state index contributed by atoms with van der Waals surface area (Å²) in [6, 6.07) is 9.43. The maximum atomic E-state index is 12.5. The van der Waals surface area contributed by atoms with Crippen LogP contribution < -0.4 is 11.1 Å². The highest BCUT2D eigenvalue weighted by Gasteiger charge is 2.29. The fourth-order valence-electron chi connectivity index (χ4n) is 2.75. The van der Waals surface area contributed by atoms with Gasteiger partial charge >= 0.3 is 0 Å². The van der Waals surface area contributed by atoms with E-state index in [0.717, 1.165) is 35.9 Å². The predicted molar refractivity (Wildman–Crippen MR) is 113 cm³/mol. The summed E-state index contributed by atoms with van der Waals surface area (Å²) in [4.78, 5) is 12.5. The first kappa shape index (κ1) is 23.5. The van der Waals surface area contributed by atoms with Gasteiger partial charge in [-0.3, -0.25) is 4.79 Å². The van der Waals surface area contributed by atoms with Crippen LogP contribution in [0.5, 0.6) is 0 Å². The largest absolute Gasteiger partial charge is 0.354 e. The zero-order chi connectivity index (χ0) is 19.2. The van der Waals surface area contributed by atoms with Gasteiger partial charge in [0.1, 0.15) is 11.4 Å². The Morgan fingerprint density at radius 3 is 2.56 bits per heavy atom. The second kappa shape index (κ2) is 10.7. The molecule has 1 heterocycles. The normalized spacial score (nSPS) is 13.1. The molecule has 2 rings (SSSR count). The van der Waals surface area contributed by atoms with E-state index in [4.69, 9.17) is 5.73 Å². The monoisotopic (exact) mass is 411 g/mol. The lowest BCUT2D eigenvalue weighted by atomic mass is 9.92. The van der Waals surface area contributed by atoms with Crippen LogP contribution in [0.25, 0.3) is 0 Å². The molecule has 0 bridgehead atoms. The van der Waals surface area contributed by atoms with Crippen LogP contribution >= 0.6 is 24.2 Å². The number of nitrogens with one attached hydrogen (secondary N) is 1. The average molecular weight is 412 g/mol. The molecule has 0 radical (unpaired) electrons. The molecule has 8 heteroatoms. The number of hydrogen-bond donors (Lipinski definition) is 2. The van der Waals surface area contributed by atoms with Crippen molar-refractivity contribution in [2.45, 2.75) is 50.9 Å². The summed E-state index contributed by atoms with van der Waals surface area (Å²) in [6.45, 7) is 7.56. The Morgan fingerprint density at radius 1 is 1.30 bits per heavy atom. The van der Waals surface area contributed by atoms with E-state index in [2.05, 4.69) is 33.9 Å². The molecule has 0 aliphatic carbocycles. The predicted octanol–water partition coefficient (Wildman–Crippen LogP) is 3.00. The maximum absolute atomic E-state index is 12.5. The van der Waals surface area contributed by atoms with Crippen LogP contribution in [0.2, 0.25) is 0 Å². The summed E-state index contributed by atoms with van der Waals surface area (Å²) in [5.74, 6) is 1.33. The number of carbonyl (C=O) groups is 1. The smallest absolute Gasteiger partial charge is 0.244 e. The van der Waals surface area contributed by atoms with Crippen molar-refractivity contribution in [3.8, 4) is 0 Å². The molecule has 0 saturated carbocycles. The molecule has 150 valence electrons. The quantitative estimate of drug-likeness (QED) is 0.489. The van der Waals surface area contributed by atoms with Gasteiger partial charge in [0, 0.05) is 19.5 Å². The van der Waals surface area contributed by atoms with Crippen LogP contribution in [0.4, 0.5) is 0 Å². The van der Waals surface area contributed by atoms with Crippen molar-refractivity contribution in [2.24, 2.45) is 11.7 Å². The van der Waals surface area contributed by atoms with Crippen LogP contribution in [0.3, 0.4) is 0 Å². The van der Waals surface area contributed by atoms with Gasteiger partial charge in [-0.25, -0.2) is 0 Å². The third-order valence-electron chi connectivity index (χ3n) is 4.23. The van der Waals surface area contributed by atoms with E-state index < -0.39 is 5.54 Å². The Hall–Kier alpha value is -1.57. The van der Waals surface area contributed by atoms with E-state index in [-0.39, 0.29) is 18.3 Å². The summed E-state index contributed by atoms with van der Waals surface area (Å²) in [5.41, 5.74) is 6.00. The number of aromatic nitrogens is 3. The Bertz CT molecular complexity index is 718. The van der Waals surface area contributed by atoms with E-state index in [1.54, 1.807) is 18.7 Å². The number of amides is 1. The van der Waals surface area contributed by atoms with E-state index in [1.165, 1.54) is 0 Å². The molecule has 0 aliphatic heterocycles. The third kappa shape index (κ3) is 6.23. The van der Waals surface area contributed by atoms with E-state index in [1.807, 2.05) is 36.6 Å². The lowest BCUT2D eigenvalue weighted by Gasteiger charge is -2.24. The Labute approximate surface area is 172 Å². The summed E-state index contributed by atoms with van der Waals surface area (Å²) in [7, 11) is 0. The van der Waals surface area contributed by atoms with Gasteiger partial charge in [-0.2, -0.15) is 0 Å². The van der Waals surface area contributed by atoms with Crippen molar-refractivity contribution in [1.82, 2.24) is 20.1 Å². The molecule has 0 saturated heterocycles. The molecule has 27 heavy (non-hydrogen) atoms. The number of aryl methyl sites for hydroxylation is 1. The van der Waals surface area contributed by atoms with Gasteiger partial charge in [-0.05, 0) is 31.1 Å². The molecule has 0 aliphatic rings. The van der Waals surface area contributed by atoms with Crippen molar-refractivity contribution in [3.05, 3.63) is 41.7 Å². The number of benzene rings is 1. The van der Waals surface area contributed by atoms with Crippen molar-refractivity contribution < 1.29 is 4.79 Å². The number of nitrogens with zero attached hydrogens (tertiary/aromatic N) is 3. The molecule has 1 unspecified atom stereocenters. The SMILES string of the molecule is CSc1nnc(CCCNC(=O)C(C)(N)c2ccccc2)n1CC(C)C.Cl. The van der Waals surface area contributed by atoms with Crippen molar-refractivity contribution in [3.63, 3.8) is 0 Å². The molecule has 1 atom stereocenters. The Kier molecular flexibility index (Phi) is 9.29. The maximum Gasteiger partial charge on any atom is 0.244 e. The highest BCUT2D eigenvalue weighted by atomic mass is 35.5. The van der Waals surface area contributed by atoms with E-state index >= 15 is 0 Å².